The highest BCUT2D eigenvalue weighted by Crippen LogP contribution is 2.17. The van der Waals surface area contributed by atoms with Gasteiger partial charge in [0.2, 0.25) is 0 Å². The van der Waals surface area contributed by atoms with Gasteiger partial charge in [0.1, 0.15) is 0 Å². The second-order valence-corrected chi connectivity index (χ2v) is 5.81. The first-order valence-corrected chi connectivity index (χ1v) is 7.29. The average Bonchev–Trinajstić information content (AvgIpc) is 2.41. The lowest BCUT2D eigenvalue weighted by atomic mass is 9.99. The molecule has 0 spiro atoms. The van der Waals surface area contributed by atoms with E-state index in [1.54, 1.807) is 0 Å². The molecule has 2 nitrogen and oxygen atoms in total. The molecular weight excluding hydrogens is 242 g/mol. The summed E-state index contributed by atoms with van der Waals surface area (Å²) < 4.78 is 5.38. The van der Waals surface area contributed by atoms with Gasteiger partial charge in [-0.1, -0.05) is 37.3 Å². The lowest BCUT2D eigenvalue weighted by Crippen LogP contribution is -2.40. The zero-order chi connectivity index (χ0) is 12.8. The Hall–Kier alpha value is -0.510. The minimum absolute atomic E-state index is 0.426. The van der Waals surface area contributed by atoms with Gasteiger partial charge in [-0.3, -0.25) is 4.90 Å². The van der Waals surface area contributed by atoms with E-state index < -0.39 is 0 Å². The quantitative estimate of drug-likeness (QED) is 0.821. The number of ether oxygens (including phenoxy) is 1. The zero-order valence-corrected chi connectivity index (χ0v) is 12.0. The first-order valence-electron chi connectivity index (χ1n) is 6.78. The van der Waals surface area contributed by atoms with Gasteiger partial charge in [0.15, 0.2) is 0 Å². The molecule has 0 bridgehead atoms. The average molecular weight is 265 g/mol. The van der Waals surface area contributed by atoms with Gasteiger partial charge in [0.25, 0.3) is 0 Å². The Morgan fingerprint density at radius 2 is 1.89 bits per heavy atom. The van der Waals surface area contributed by atoms with Crippen LogP contribution in [0.5, 0.6) is 0 Å². The smallest absolute Gasteiger partial charge is 0.0594 e. The topological polar surface area (TPSA) is 12.5 Å². The monoisotopic (exact) mass is 265 g/mol. The Kier molecular flexibility index (Phi) is 5.54. The molecule has 0 radical (unpaired) electrons. The van der Waals surface area contributed by atoms with Gasteiger partial charge in [-0.15, -0.1) is 0 Å². The number of rotatable bonds is 5. The van der Waals surface area contributed by atoms with E-state index in [-0.39, 0.29) is 0 Å². The summed E-state index contributed by atoms with van der Waals surface area (Å²) in [5, 5.41) is 0.426. The lowest BCUT2D eigenvalue weighted by Gasteiger charge is -2.31. The summed E-state index contributed by atoms with van der Waals surface area (Å²) in [6.45, 7) is 7.32. The summed E-state index contributed by atoms with van der Waals surface area (Å²) in [4.78, 5) is 2.49. The summed E-state index contributed by atoms with van der Waals surface area (Å²) in [5.41, 5.74) is 1.38. The third kappa shape index (κ3) is 4.30. The highest BCUT2D eigenvalue weighted by atomic mass is 32.1. The van der Waals surface area contributed by atoms with Gasteiger partial charge in [-0.25, -0.2) is 0 Å². The fourth-order valence-electron chi connectivity index (χ4n) is 2.37. The SMILES string of the molecule is CC(CN1CCOCC1)C(S)Cc1ccccc1. The Morgan fingerprint density at radius 3 is 2.56 bits per heavy atom. The summed E-state index contributed by atoms with van der Waals surface area (Å²) >= 11 is 4.78. The summed E-state index contributed by atoms with van der Waals surface area (Å²) in [6.07, 6.45) is 1.05. The van der Waals surface area contributed by atoms with Crippen molar-refractivity contribution in [3.05, 3.63) is 35.9 Å². The molecule has 0 amide bonds. The maximum atomic E-state index is 5.38. The molecule has 100 valence electrons. The molecule has 0 saturated carbocycles. The Balaban J connectivity index is 1.79. The van der Waals surface area contributed by atoms with Crippen molar-refractivity contribution in [2.75, 3.05) is 32.8 Å². The number of thiol groups is 1. The zero-order valence-electron chi connectivity index (χ0n) is 11.1. The van der Waals surface area contributed by atoms with Crippen molar-refractivity contribution in [3.63, 3.8) is 0 Å². The highest BCUT2D eigenvalue weighted by molar-refractivity contribution is 7.81. The highest BCUT2D eigenvalue weighted by Gasteiger charge is 2.18. The first-order chi connectivity index (χ1) is 8.75. The van der Waals surface area contributed by atoms with E-state index in [1.807, 2.05) is 0 Å². The number of hydrogen-bond acceptors (Lipinski definition) is 3. The van der Waals surface area contributed by atoms with Crippen LogP contribution in [0.2, 0.25) is 0 Å². The minimum atomic E-state index is 0.426. The molecule has 1 aliphatic rings. The van der Waals surface area contributed by atoms with E-state index >= 15 is 0 Å². The molecule has 1 aromatic carbocycles. The molecule has 1 aliphatic heterocycles. The van der Waals surface area contributed by atoms with Crippen LogP contribution in [0.4, 0.5) is 0 Å². The summed E-state index contributed by atoms with van der Waals surface area (Å²) in [5.74, 6) is 0.603. The van der Waals surface area contributed by atoms with Crippen LogP contribution < -0.4 is 0 Å². The molecule has 2 rings (SSSR count). The molecule has 0 aromatic heterocycles. The lowest BCUT2D eigenvalue weighted by molar-refractivity contribution is 0.0317. The van der Waals surface area contributed by atoms with E-state index in [1.165, 1.54) is 5.56 Å². The fourth-order valence-corrected chi connectivity index (χ4v) is 2.67. The maximum Gasteiger partial charge on any atom is 0.0594 e. The van der Waals surface area contributed by atoms with Crippen LogP contribution in [0.15, 0.2) is 30.3 Å². The molecule has 1 heterocycles. The molecule has 1 aromatic rings. The van der Waals surface area contributed by atoms with Gasteiger partial charge in [-0.2, -0.15) is 12.6 Å². The molecule has 1 fully saturated rings. The van der Waals surface area contributed by atoms with E-state index in [0.717, 1.165) is 39.3 Å². The van der Waals surface area contributed by atoms with Gasteiger partial charge in [0, 0.05) is 24.9 Å². The van der Waals surface area contributed by atoms with Crippen LogP contribution in [-0.2, 0) is 11.2 Å². The van der Waals surface area contributed by atoms with Gasteiger partial charge in [-0.05, 0) is 17.9 Å². The van der Waals surface area contributed by atoms with Crippen molar-refractivity contribution in [3.8, 4) is 0 Å². The molecule has 18 heavy (non-hydrogen) atoms. The Bertz CT molecular complexity index is 338. The van der Waals surface area contributed by atoms with Gasteiger partial charge < -0.3 is 4.74 Å². The van der Waals surface area contributed by atoms with Crippen LogP contribution in [0.25, 0.3) is 0 Å². The van der Waals surface area contributed by atoms with Crippen molar-refractivity contribution in [2.45, 2.75) is 18.6 Å². The van der Waals surface area contributed by atoms with E-state index in [4.69, 9.17) is 17.4 Å². The van der Waals surface area contributed by atoms with Crippen molar-refractivity contribution in [1.29, 1.82) is 0 Å². The Labute approximate surface area is 116 Å². The minimum Gasteiger partial charge on any atom is -0.379 e. The number of nitrogens with zero attached hydrogens (tertiary/aromatic N) is 1. The molecule has 0 N–H and O–H groups in total. The van der Waals surface area contributed by atoms with Crippen molar-refractivity contribution >= 4 is 12.6 Å². The number of hydrogen-bond donors (Lipinski definition) is 1. The molecule has 2 unspecified atom stereocenters. The molecule has 1 saturated heterocycles. The number of benzene rings is 1. The van der Waals surface area contributed by atoms with Crippen molar-refractivity contribution in [1.82, 2.24) is 4.90 Å². The van der Waals surface area contributed by atoms with Crippen LogP contribution in [0, 0.1) is 5.92 Å². The first kappa shape index (κ1) is 13.9. The normalized spacial score (nSPS) is 20.6. The molecule has 2 atom stereocenters. The molecular formula is C15H23NOS. The van der Waals surface area contributed by atoms with Crippen LogP contribution in [0.1, 0.15) is 12.5 Å². The second kappa shape index (κ2) is 7.17. The largest absolute Gasteiger partial charge is 0.379 e. The molecule has 0 aliphatic carbocycles. The van der Waals surface area contributed by atoms with E-state index in [2.05, 4.69) is 42.2 Å². The second-order valence-electron chi connectivity index (χ2n) is 5.15. The van der Waals surface area contributed by atoms with Crippen molar-refractivity contribution in [2.24, 2.45) is 5.92 Å². The predicted molar refractivity (Wildman–Crippen MR) is 79.3 cm³/mol. The standard InChI is InChI=1S/C15H23NOS/c1-13(12-16-7-9-17-10-8-16)15(18)11-14-5-3-2-4-6-14/h2-6,13,15,18H,7-12H2,1H3. The van der Waals surface area contributed by atoms with Gasteiger partial charge in [0.05, 0.1) is 13.2 Å². The Morgan fingerprint density at radius 1 is 1.22 bits per heavy atom. The maximum absolute atomic E-state index is 5.38. The van der Waals surface area contributed by atoms with Crippen LogP contribution in [-0.4, -0.2) is 43.0 Å². The van der Waals surface area contributed by atoms with E-state index in [9.17, 15) is 0 Å². The summed E-state index contributed by atoms with van der Waals surface area (Å²) in [7, 11) is 0. The van der Waals surface area contributed by atoms with Crippen LogP contribution in [0.3, 0.4) is 0 Å². The third-order valence-corrected chi connectivity index (χ3v) is 4.29. The van der Waals surface area contributed by atoms with Crippen molar-refractivity contribution < 1.29 is 4.74 Å². The predicted octanol–water partition coefficient (Wildman–Crippen LogP) is 2.50. The fraction of sp³-hybridized carbons (Fsp3) is 0.600. The van der Waals surface area contributed by atoms with Crippen LogP contribution >= 0.6 is 12.6 Å². The number of morpholine rings is 1. The van der Waals surface area contributed by atoms with E-state index in [0.29, 0.717) is 11.2 Å². The molecule has 3 heteroatoms. The van der Waals surface area contributed by atoms with Gasteiger partial charge >= 0.3 is 0 Å². The third-order valence-electron chi connectivity index (χ3n) is 3.59. The summed E-state index contributed by atoms with van der Waals surface area (Å²) in [6, 6.07) is 10.6.